The molecule has 0 aromatic heterocycles. The lowest BCUT2D eigenvalue weighted by Crippen LogP contribution is -2.66. The zero-order valence-electron chi connectivity index (χ0n) is 17.7. The molecule has 2 aromatic carbocycles. The maximum Gasteiger partial charge on any atom is 0.309 e. The molecule has 1 heterocycles. The topological polar surface area (TPSA) is 58.6 Å². The summed E-state index contributed by atoms with van der Waals surface area (Å²) in [5.74, 6) is -0.0658. The highest BCUT2D eigenvalue weighted by Gasteiger charge is 2.51. The number of piperidine rings is 1. The second-order valence-corrected chi connectivity index (χ2v) is 12.6. The minimum atomic E-state index is -3.08. The van der Waals surface area contributed by atoms with Crippen molar-refractivity contribution < 1.29 is 14.3 Å². The van der Waals surface area contributed by atoms with Crippen LogP contribution in [-0.2, 0) is 9.53 Å². The Hall–Kier alpha value is -1.95. The molecule has 1 fully saturated rings. The smallest absolute Gasteiger partial charge is 0.309 e. The summed E-state index contributed by atoms with van der Waals surface area (Å²) >= 11 is 0. The molecule has 0 saturated carbocycles. The highest BCUT2D eigenvalue weighted by atomic mass is 28.4. The van der Waals surface area contributed by atoms with E-state index in [0.29, 0.717) is 6.61 Å². The number of nitrogens with one attached hydrogen (secondary N) is 1. The van der Waals surface area contributed by atoms with Crippen molar-refractivity contribution in [3.63, 3.8) is 0 Å². The van der Waals surface area contributed by atoms with E-state index in [0.717, 1.165) is 36.3 Å². The summed E-state index contributed by atoms with van der Waals surface area (Å²) in [5, 5.41) is 5.08. The van der Waals surface area contributed by atoms with Gasteiger partial charge in [-0.3, -0.25) is 4.79 Å². The molecule has 0 aliphatic carbocycles. The molecule has 2 atom stereocenters. The van der Waals surface area contributed by atoms with Crippen molar-refractivity contribution in [3.8, 4) is 0 Å². The molecule has 4 nitrogen and oxygen atoms in total. The molecule has 29 heavy (non-hydrogen) atoms. The van der Waals surface area contributed by atoms with E-state index in [1.165, 1.54) is 0 Å². The molecule has 5 heteroatoms. The predicted molar refractivity (Wildman–Crippen MR) is 120 cm³/mol. The third-order valence-corrected chi connectivity index (χ3v) is 10.8. The van der Waals surface area contributed by atoms with Crippen LogP contribution in [0.25, 0.3) is 0 Å². The monoisotopic (exact) mass is 411 g/mol. The van der Waals surface area contributed by atoms with Gasteiger partial charge in [0, 0.05) is 0 Å². The van der Waals surface area contributed by atoms with Crippen LogP contribution in [0.2, 0.25) is 5.04 Å². The lowest BCUT2D eigenvalue weighted by molar-refractivity contribution is -0.151. The van der Waals surface area contributed by atoms with Gasteiger partial charge in [0.1, 0.15) is 0 Å². The first kappa shape index (κ1) is 21.7. The van der Waals surface area contributed by atoms with E-state index in [1.54, 1.807) is 0 Å². The first-order chi connectivity index (χ1) is 13.9. The van der Waals surface area contributed by atoms with Gasteiger partial charge in [-0.25, -0.2) is 0 Å². The number of rotatable bonds is 7. The summed E-state index contributed by atoms with van der Waals surface area (Å²) in [4.78, 5) is 24.9. The Kier molecular flexibility index (Phi) is 6.93. The molecule has 0 amide bonds. The molecule has 0 unspecified atom stereocenters. The maximum absolute atomic E-state index is 12.6. The van der Waals surface area contributed by atoms with E-state index in [4.69, 9.17) is 4.74 Å². The summed E-state index contributed by atoms with van der Waals surface area (Å²) in [7, 11) is -3.08. The summed E-state index contributed by atoms with van der Waals surface area (Å²) in [5.41, 5.74) is 0. The molecule has 156 valence electrons. The van der Waals surface area contributed by atoms with Crippen molar-refractivity contribution in [2.45, 2.75) is 38.7 Å². The minimum absolute atomic E-state index is 0.0978. The van der Waals surface area contributed by atoms with Gasteiger partial charge in [0.25, 0.3) is 8.32 Å². The summed E-state index contributed by atoms with van der Waals surface area (Å²) in [6, 6.07) is 20.1. The molecular formula is C24H33NO3Si. The molecule has 0 spiro atoms. The summed E-state index contributed by atoms with van der Waals surface area (Å²) < 4.78 is 5.36. The largest absolute Gasteiger partial charge is 0.466 e. The van der Waals surface area contributed by atoms with Crippen molar-refractivity contribution >= 4 is 24.7 Å². The molecule has 1 saturated heterocycles. The van der Waals surface area contributed by atoms with Gasteiger partial charge in [0.15, 0.2) is 0 Å². The Bertz CT molecular complexity index is 755. The zero-order chi connectivity index (χ0) is 20.9. The first-order valence-corrected chi connectivity index (χ1v) is 12.6. The fourth-order valence-electron chi connectivity index (χ4n) is 4.81. The molecule has 1 aliphatic heterocycles. The third-order valence-electron chi connectivity index (χ3n) is 6.33. The molecule has 0 radical (unpaired) electrons. The SMILES string of the molecule is CCOC(=O)[C@@H]1CCNC[C@H]1CC(C)(C)[Si](O)(c1ccccc1)c1ccccc1. The van der Waals surface area contributed by atoms with Crippen molar-refractivity contribution in [3.05, 3.63) is 60.7 Å². The predicted octanol–water partition coefficient (Wildman–Crippen LogP) is 2.70. The normalized spacial score (nSPS) is 20.3. The highest BCUT2D eigenvalue weighted by molar-refractivity contribution is 6.98. The maximum atomic E-state index is 12.6. The lowest BCUT2D eigenvalue weighted by atomic mass is 9.81. The number of esters is 1. The quantitative estimate of drug-likeness (QED) is 0.543. The van der Waals surface area contributed by atoms with Gasteiger partial charge in [0.05, 0.1) is 12.5 Å². The zero-order valence-corrected chi connectivity index (χ0v) is 18.7. The van der Waals surface area contributed by atoms with E-state index in [-0.39, 0.29) is 22.8 Å². The van der Waals surface area contributed by atoms with Crippen LogP contribution in [0.3, 0.4) is 0 Å². The van der Waals surface area contributed by atoms with Crippen LogP contribution < -0.4 is 15.7 Å². The first-order valence-electron chi connectivity index (χ1n) is 10.6. The van der Waals surface area contributed by atoms with Crippen LogP contribution in [0.5, 0.6) is 0 Å². The number of benzene rings is 2. The summed E-state index contributed by atoms with van der Waals surface area (Å²) in [6.07, 6.45) is 1.55. The summed E-state index contributed by atoms with van der Waals surface area (Å²) in [6.45, 7) is 8.20. The van der Waals surface area contributed by atoms with Gasteiger partial charge in [-0.15, -0.1) is 0 Å². The number of carbonyl (C=O) groups is 1. The Balaban J connectivity index is 1.97. The fourth-order valence-corrected chi connectivity index (χ4v) is 8.61. The van der Waals surface area contributed by atoms with Gasteiger partial charge in [0.2, 0.25) is 0 Å². The molecular weight excluding hydrogens is 378 g/mol. The minimum Gasteiger partial charge on any atom is -0.466 e. The van der Waals surface area contributed by atoms with Gasteiger partial charge in [-0.05, 0) is 54.2 Å². The Morgan fingerprint density at radius 1 is 1.10 bits per heavy atom. The van der Waals surface area contributed by atoms with Crippen LogP contribution in [0.4, 0.5) is 0 Å². The standard InChI is InChI=1S/C24H33NO3Si/c1-4-28-23(26)22-15-16-25-18-19(22)17-24(2,3)29(27,20-11-7-5-8-12-20)21-13-9-6-10-14-21/h5-14,19,22,25,27H,4,15-18H2,1-3H3/t19-,22-/m1/s1. The van der Waals surface area contributed by atoms with E-state index >= 15 is 0 Å². The average Bonchev–Trinajstić information content (AvgIpc) is 2.74. The van der Waals surface area contributed by atoms with Gasteiger partial charge >= 0.3 is 5.97 Å². The van der Waals surface area contributed by atoms with Crippen molar-refractivity contribution in [2.75, 3.05) is 19.7 Å². The second kappa shape index (κ2) is 9.24. The van der Waals surface area contributed by atoms with E-state index in [2.05, 4.69) is 19.2 Å². The Morgan fingerprint density at radius 3 is 2.17 bits per heavy atom. The Morgan fingerprint density at radius 2 is 1.66 bits per heavy atom. The van der Waals surface area contributed by atoms with Crippen LogP contribution >= 0.6 is 0 Å². The molecule has 3 rings (SSSR count). The highest BCUT2D eigenvalue weighted by Crippen LogP contribution is 2.44. The second-order valence-electron chi connectivity index (χ2n) is 8.64. The lowest BCUT2D eigenvalue weighted by Gasteiger charge is -2.45. The molecule has 1 aliphatic rings. The molecule has 0 bridgehead atoms. The third kappa shape index (κ3) is 4.47. The van der Waals surface area contributed by atoms with Gasteiger partial charge in [-0.2, -0.15) is 0 Å². The van der Waals surface area contributed by atoms with E-state index < -0.39 is 8.32 Å². The molecule has 2 N–H and O–H groups in total. The van der Waals surface area contributed by atoms with Gasteiger partial charge < -0.3 is 14.8 Å². The van der Waals surface area contributed by atoms with Crippen molar-refractivity contribution in [2.24, 2.45) is 11.8 Å². The Labute approximate surface area is 175 Å². The van der Waals surface area contributed by atoms with Crippen LogP contribution in [0.1, 0.15) is 33.6 Å². The van der Waals surface area contributed by atoms with Crippen molar-refractivity contribution in [1.82, 2.24) is 5.32 Å². The van der Waals surface area contributed by atoms with Gasteiger partial charge in [-0.1, -0.05) is 74.5 Å². The van der Waals surface area contributed by atoms with Crippen LogP contribution in [0, 0.1) is 11.8 Å². The van der Waals surface area contributed by atoms with Crippen LogP contribution in [-0.4, -0.2) is 38.8 Å². The van der Waals surface area contributed by atoms with E-state index in [9.17, 15) is 9.59 Å². The number of hydrogen-bond acceptors (Lipinski definition) is 4. The average molecular weight is 412 g/mol. The van der Waals surface area contributed by atoms with Crippen molar-refractivity contribution in [1.29, 1.82) is 0 Å². The number of ether oxygens (including phenoxy) is 1. The number of hydrogen-bond donors (Lipinski definition) is 2. The number of carbonyl (C=O) groups excluding carboxylic acids is 1. The van der Waals surface area contributed by atoms with Crippen LogP contribution in [0.15, 0.2) is 60.7 Å². The van der Waals surface area contributed by atoms with E-state index in [1.807, 2.05) is 67.6 Å². The molecule has 2 aromatic rings. The fraction of sp³-hybridized carbons (Fsp3) is 0.458.